The van der Waals surface area contributed by atoms with E-state index in [1.165, 1.54) is 0 Å². The molecule has 102 valence electrons. The zero-order valence-corrected chi connectivity index (χ0v) is 11.5. The first-order chi connectivity index (χ1) is 9.58. The number of fused-ring (bicyclic) bond motifs is 1. The molecule has 0 fully saturated rings. The Hall–Kier alpha value is -1.91. The van der Waals surface area contributed by atoms with Crippen molar-refractivity contribution in [2.75, 3.05) is 0 Å². The summed E-state index contributed by atoms with van der Waals surface area (Å²) in [4.78, 5) is 15.5. The summed E-state index contributed by atoms with van der Waals surface area (Å²) in [7, 11) is 0. The third-order valence-corrected chi connectivity index (χ3v) is 3.72. The Morgan fingerprint density at radius 2 is 2.10 bits per heavy atom. The van der Waals surface area contributed by atoms with Crippen molar-refractivity contribution in [3.8, 4) is 0 Å². The second kappa shape index (κ2) is 4.89. The minimum Gasteiger partial charge on any atom is -0.478 e. The maximum atomic E-state index is 11.4. The van der Waals surface area contributed by atoms with Gasteiger partial charge in [0.15, 0.2) is 0 Å². The average Bonchev–Trinajstić information content (AvgIpc) is 2.82. The third kappa shape index (κ3) is 2.07. The molecule has 0 radical (unpaired) electrons. The van der Waals surface area contributed by atoms with Gasteiger partial charge in [0.2, 0.25) is 0 Å². The van der Waals surface area contributed by atoms with Crippen LogP contribution in [-0.2, 0) is 11.3 Å². The van der Waals surface area contributed by atoms with E-state index in [-0.39, 0.29) is 18.3 Å². The number of aromatic nitrogens is 1. The quantitative estimate of drug-likeness (QED) is 0.921. The van der Waals surface area contributed by atoms with Crippen LogP contribution in [0.4, 0.5) is 0 Å². The Morgan fingerprint density at radius 3 is 2.75 bits per heavy atom. The van der Waals surface area contributed by atoms with Gasteiger partial charge >= 0.3 is 5.97 Å². The van der Waals surface area contributed by atoms with Crippen molar-refractivity contribution in [3.05, 3.63) is 63.4 Å². The van der Waals surface area contributed by atoms with Gasteiger partial charge in [-0.15, -0.1) is 0 Å². The topological polar surface area (TPSA) is 59.4 Å². The van der Waals surface area contributed by atoms with Crippen molar-refractivity contribution in [2.45, 2.75) is 19.6 Å². The van der Waals surface area contributed by atoms with Crippen LogP contribution in [0.15, 0.2) is 30.5 Å². The van der Waals surface area contributed by atoms with Crippen LogP contribution in [0.25, 0.3) is 0 Å². The molecule has 0 saturated heterocycles. The van der Waals surface area contributed by atoms with Crippen molar-refractivity contribution in [1.82, 2.24) is 4.98 Å². The molecule has 0 amide bonds. The van der Waals surface area contributed by atoms with Crippen LogP contribution in [-0.4, -0.2) is 16.1 Å². The van der Waals surface area contributed by atoms with Gasteiger partial charge in [0, 0.05) is 22.3 Å². The van der Waals surface area contributed by atoms with Crippen LogP contribution in [0.1, 0.15) is 38.8 Å². The van der Waals surface area contributed by atoms with E-state index in [4.69, 9.17) is 16.3 Å². The number of halogens is 1. The summed E-state index contributed by atoms with van der Waals surface area (Å²) < 4.78 is 5.75. The van der Waals surface area contributed by atoms with E-state index in [1.54, 1.807) is 25.3 Å². The van der Waals surface area contributed by atoms with Gasteiger partial charge in [0.1, 0.15) is 6.10 Å². The van der Waals surface area contributed by atoms with Gasteiger partial charge in [0.25, 0.3) is 0 Å². The molecule has 2 heterocycles. The SMILES string of the molecule is Cc1ncc2c(c1C(=O)O)CO[C@H]2c1ccc(Cl)cc1. The van der Waals surface area contributed by atoms with E-state index >= 15 is 0 Å². The zero-order chi connectivity index (χ0) is 14.3. The van der Waals surface area contributed by atoms with Crippen LogP contribution < -0.4 is 0 Å². The van der Waals surface area contributed by atoms with Crippen LogP contribution in [0.3, 0.4) is 0 Å². The number of hydrogen-bond acceptors (Lipinski definition) is 3. The van der Waals surface area contributed by atoms with Crippen LogP contribution in [0, 0.1) is 6.92 Å². The molecule has 0 saturated carbocycles. The van der Waals surface area contributed by atoms with Gasteiger partial charge in [-0.3, -0.25) is 4.98 Å². The number of pyridine rings is 1. The van der Waals surface area contributed by atoms with Gasteiger partial charge in [-0.2, -0.15) is 0 Å². The lowest BCUT2D eigenvalue weighted by atomic mass is 9.97. The van der Waals surface area contributed by atoms with Gasteiger partial charge in [-0.1, -0.05) is 23.7 Å². The minimum absolute atomic E-state index is 0.249. The second-order valence-electron chi connectivity index (χ2n) is 4.70. The normalized spacial score (nSPS) is 17.0. The zero-order valence-electron chi connectivity index (χ0n) is 10.8. The van der Waals surface area contributed by atoms with Gasteiger partial charge in [-0.25, -0.2) is 4.79 Å². The van der Waals surface area contributed by atoms with Crippen LogP contribution in [0.5, 0.6) is 0 Å². The summed E-state index contributed by atoms with van der Waals surface area (Å²) >= 11 is 5.88. The van der Waals surface area contributed by atoms with Crippen molar-refractivity contribution < 1.29 is 14.6 Å². The van der Waals surface area contributed by atoms with Gasteiger partial charge in [-0.05, 0) is 24.6 Å². The largest absolute Gasteiger partial charge is 0.478 e. The minimum atomic E-state index is -0.966. The Kier molecular flexibility index (Phi) is 3.20. The molecule has 0 spiro atoms. The molecule has 4 nitrogen and oxygen atoms in total. The van der Waals surface area contributed by atoms with E-state index in [1.807, 2.05) is 12.1 Å². The summed E-state index contributed by atoms with van der Waals surface area (Å²) in [5.74, 6) is -0.966. The standard InChI is InChI=1S/C15H12ClNO3/c1-8-13(15(18)19)12-7-20-14(11(12)6-17-8)9-2-4-10(16)5-3-9/h2-6,14H,7H2,1H3,(H,18,19)/t14-/m0/s1. The van der Waals surface area contributed by atoms with Crippen molar-refractivity contribution in [2.24, 2.45) is 0 Å². The van der Waals surface area contributed by atoms with Crippen molar-refractivity contribution in [3.63, 3.8) is 0 Å². The summed E-state index contributed by atoms with van der Waals surface area (Å²) in [6.45, 7) is 1.98. The predicted octanol–water partition coefficient (Wildman–Crippen LogP) is 3.36. The molecular weight excluding hydrogens is 278 g/mol. The molecule has 0 aliphatic carbocycles. The smallest absolute Gasteiger partial charge is 0.337 e. The summed E-state index contributed by atoms with van der Waals surface area (Å²) in [5.41, 5.74) is 3.23. The summed E-state index contributed by atoms with van der Waals surface area (Å²) in [6.07, 6.45) is 1.41. The van der Waals surface area contributed by atoms with Crippen LogP contribution in [0.2, 0.25) is 5.02 Å². The lowest BCUT2D eigenvalue weighted by Gasteiger charge is -2.12. The number of benzene rings is 1. The van der Waals surface area contributed by atoms with E-state index in [0.29, 0.717) is 16.3 Å². The molecule has 5 heteroatoms. The fourth-order valence-corrected chi connectivity index (χ4v) is 2.63. The number of ether oxygens (including phenoxy) is 1. The first-order valence-corrected chi connectivity index (χ1v) is 6.54. The highest BCUT2D eigenvalue weighted by molar-refractivity contribution is 6.30. The Labute approximate surface area is 121 Å². The first-order valence-electron chi connectivity index (χ1n) is 6.16. The number of carboxylic acids is 1. The molecule has 1 N–H and O–H groups in total. The highest BCUT2D eigenvalue weighted by Crippen LogP contribution is 2.37. The average molecular weight is 290 g/mol. The number of nitrogens with zero attached hydrogens (tertiary/aromatic N) is 1. The number of carbonyl (C=O) groups is 1. The predicted molar refractivity (Wildman–Crippen MR) is 74.0 cm³/mol. The maximum Gasteiger partial charge on any atom is 0.337 e. The highest BCUT2D eigenvalue weighted by atomic mass is 35.5. The van der Waals surface area contributed by atoms with E-state index in [9.17, 15) is 9.90 Å². The van der Waals surface area contributed by atoms with Crippen molar-refractivity contribution >= 4 is 17.6 Å². The third-order valence-electron chi connectivity index (χ3n) is 3.47. The van der Waals surface area contributed by atoms with E-state index in [2.05, 4.69) is 4.98 Å². The first kappa shape index (κ1) is 13.1. The van der Waals surface area contributed by atoms with E-state index < -0.39 is 5.97 Å². The monoisotopic (exact) mass is 289 g/mol. The Morgan fingerprint density at radius 1 is 1.40 bits per heavy atom. The van der Waals surface area contributed by atoms with E-state index in [0.717, 1.165) is 11.1 Å². The number of carboxylic acid groups (broad SMARTS) is 1. The second-order valence-corrected chi connectivity index (χ2v) is 5.14. The fourth-order valence-electron chi connectivity index (χ4n) is 2.51. The molecule has 1 atom stereocenters. The number of aryl methyl sites for hydroxylation is 1. The lowest BCUT2D eigenvalue weighted by Crippen LogP contribution is -2.07. The molecule has 1 aromatic carbocycles. The molecule has 0 bridgehead atoms. The lowest BCUT2D eigenvalue weighted by molar-refractivity contribution is 0.0686. The molecular formula is C15H12ClNO3. The highest BCUT2D eigenvalue weighted by Gasteiger charge is 2.30. The van der Waals surface area contributed by atoms with Gasteiger partial charge in [0.05, 0.1) is 17.9 Å². The number of aromatic carboxylic acids is 1. The molecule has 20 heavy (non-hydrogen) atoms. The molecule has 1 aliphatic rings. The summed E-state index contributed by atoms with van der Waals surface area (Å²) in [5, 5.41) is 9.96. The Balaban J connectivity index is 2.09. The van der Waals surface area contributed by atoms with Crippen molar-refractivity contribution in [1.29, 1.82) is 0 Å². The van der Waals surface area contributed by atoms with Gasteiger partial charge < -0.3 is 9.84 Å². The maximum absolute atomic E-state index is 11.4. The molecule has 1 aromatic heterocycles. The Bertz CT molecular complexity index is 682. The number of rotatable bonds is 2. The fraction of sp³-hybridized carbons (Fsp3) is 0.200. The molecule has 1 aliphatic heterocycles. The van der Waals surface area contributed by atoms with Crippen LogP contribution >= 0.6 is 11.6 Å². The molecule has 2 aromatic rings. The molecule has 0 unspecified atom stereocenters. The number of hydrogen-bond donors (Lipinski definition) is 1. The molecule has 3 rings (SSSR count). The summed E-state index contributed by atoms with van der Waals surface area (Å²) in [6, 6.07) is 7.33.